The van der Waals surface area contributed by atoms with Crippen LogP contribution in [0.25, 0.3) is 10.1 Å². The number of hydrogen-bond acceptors (Lipinski definition) is 2. The van der Waals surface area contributed by atoms with Gasteiger partial charge in [0.15, 0.2) is 0 Å². The summed E-state index contributed by atoms with van der Waals surface area (Å²) in [6.07, 6.45) is 2.16. The lowest BCUT2D eigenvalue weighted by molar-refractivity contribution is 0.0950. The molecule has 1 amide bonds. The quantitative estimate of drug-likeness (QED) is 0.849. The summed E-state index contributed by atoms with van der Waals surface area (Å²) < 4.78 is 1.06. The zero-order valence-electron chi connectivity index (χ0n) is 11.2. The van der Waals surface area contributed by atoms with E-state index in [0.717, 1.165) is 29.5 Å². The Bertz CT molecular complexity index is 575. The summed E-state index contributed by atoms with van der Waals surface area (Å²) in [6, 6.07) is 7.84. The van der Waals surface area contributed by atoms with Crippen LogP contribution >= 0.6 is 22.9 Å². The van der Waals surface area contributed by atoms with Crippen LogP contribution in [0.4, 0.5) is 0 Å². The number of thiophene rings is 1. The normalized spacial score (nSPS) is 11.2. The van der Waals surface area contributed by atoms with Gasteiger partial charge in [-0.25, -0.2) is 0 Å². The molecule has 1 heterocycles. The van der Waals surface area contributed by atoms with Gasteiger partial charge in [0.25, 0.3) is 5.91 Å². The lowest BCUT2D eigenvalue weighted by Gasteiger charge is -2.12. The fourth-order valence-corrected chi connectivity index (χ4v) is 3.49. The van der Waals surface area contributed by atoms with Crippen molar-refractivity contribution in [3.8, 4) is 0 Å². The van der Waals surface area contributed by atoms with E-state index in [9.17, 15) is 4.79 Å². The van der Waals surface area contributed by atoms with Gasteiger partial charge in [0.05, 0.1) is 5.02 Å². The fraction of sp³-hybridized carbons (Fsp3) is 0.400. The molecule has 1 aromatic carbocycles. The van der Waals surface area contributed by atoms with Crippen molar-refractivity contribution in [2.24, 2.45) is 5.92 Å². The Hall–Kier alpha value is -1.06. The molecule has 2 aromatic rings. The molecule has 0 saturated heterocycles. The van der Waals surface area contributed by atoms with Crippen LogP contribution in [-0.2, 0) is 0 Å². The molecule has 102 valence electrons. The number of benzene rings is 1. The highest BCUT2D eigenvalue weighted by atomic mass is 35.5. The molecule has 4 heteroatoms. The molecule has 1 N–H and O–H groups in total. The van der Waals surface area contributed by atoms with Gasteiger partial charge in [-0.3, -0.25) is 4.79 Å². The monoisotopic (exact) mass is 295 g/mol. The predicted octanol–water partition coefficient (Wildman–Crippen LogP) is 4.72. The van der Waals surface area contributed by atoms with Gasteiger partial charge in [0.2, 0.25) is 0 Å². The highest BCUT2D eigenvalue weighted by molar-refractivity contribution is 7.21. The molecule has 0 aliphatic carbocycles. The van der Waals surface area contributed by atoms with E-state index in [1.165, 1.54) is 11.3 Å². The Balaban J connectivity index is 2.15. The number of halogens is 1. The minimum atomic E-state index is -0.0573. The molecule has 19 heavy (non-hydrogen) atoms. The molecule has 2 nitrogen and oxygen atoms in total. The molecule has 0 saturated carbocycles. The SMILES string of the molecule is CCC(CC)CNC(=O)c1sc2ccccc2c1Cl. The van der Waals surface area contributed by atoms with E-state index in [1.807, 2.05) is 24.3 Å². The first-order valence-electron chi connectivity index (χ1n) is 6.62. The van der Waals surface area contributed by atoms with Crippen LogP contribution in [0.1, 0.15) is 36.4 Å². The molecule has 0 spiro atoms. The molecule has 0 bridgehead atoms. The maximum absolute atomic E-state index is 12.2. The predicted molar refractivity (Wildman–Crippen MR) is 83.2 cm³/mol. The van der Waals surface area contributed by atoms with Crippen molar-refractivity contribution >= 4 is 38.9 Å². The first-order chi connectivity index (χ1) is 9.17. The van der Waals surface area contributed by atoms with Gasteiger partial charge in [-0.15, -0.1) is 11.3 Å². The smallest absolute Gasteiger partial charge is 0.262 e. The third-order valence-electron chi connectivity index (χ3n) is 3.45. The summed E-state index contributed by atoms with van der Waals surface area (Å²) in [5, 5.41) is 4.52. The van der Waals surface area contributed by atoms with Crippen molar-refractivity contribution in [3.63, 3.8) is 0 Å². The first kappa shape index (κ1) is 14.4. The Kier molecular flexibility index (Phi) is 4.83. The summed E-state index contributed by atoms with van der Waals surface area (Å²) in [5.41, 5.74) is 0. The van der Waals surface area contributed by atoms with Crippen LogP contribution in [0.2, 0.25) is 5.02 Å². The molecule has 1 aromatic heterocycles. The third kappa shape index (κ3) is 3.10. The number of nitrogens with one attached hydrogen (secondary N) is 1. The van der Waals surface area contributed by atoms with Gasteiger partial charge in [-0.2, -0.15) is 0 Å². The number of carbonyl (C=O) groups excluding carboxylic acids is 1. The second-order valence-electron chi connectivity index (χ2n) is 4.63. The second kappa shape index (κ2) is 6.40. The van der Waals surface area contributed by atoms with E-state index in [1.54, 1.807) is 0 Å². The van der Waals surface area contributed by atoms with Crippen LogP contribution in [0.15, 0.2) is 24.3 Å². The molecule has 0 aliphatic rings. The van der Waals surface area contributed by atoms with Gasteiger partial charge in [0, 0.05) is 16.6 Å². The lowest BCUT2D eigenvalue weighted by atomic mass is 10.0. The van der Waals surface area contributed by atoms with Gasteiger partial charge in [-0.05, 0) is 12.0 Å². The number of hydrogen-bond donors (Lipinski definition) is 1. The van der Waals surface area contributed by atoms with E-state index < -0.39 is 0 Å². The highest BCUT2D eigenvalue weighted by Gasteiger charge is 2.17. The number of rotatable bonds is 5. The Morgan fingerprint density at radius 3 is 2.63 bits per heavy atom. The van der Waals surface area contributed by atoms with Crippen molar-refractivity contribution in [2.45, 2.75) is 26.7 Å². The molecule has 0 unspecified atom stereocenters. The summed E-state index contributed by atoms with van der Waals surface area (Å²) >= 11 is 7.74. The second-order valence-corrected chi connectivity index (χ2v) is 6.06. The summed E-state index contributed by atoms with van der Waals surface area (Å²) in [5.74, 6) is 0.482. The van der Waals surface area contributed by atoms with Crippen molar-refractivity contribution < 1.29 is 4.79 Å². The Morgan fingerprint density at radius 1 is 1.32 bits per heavy atom. The topological polar surface area (TPSA) is 29.1 Å². The summed E-state index contributed by atoms with van der Waals surface area (Å²) in [7, 11) is 0. The van der Waals surface area contributed by atoms with E-state index >= 15 is 0 Å². The molecule has 0 aliphatic heterocycles. The number of fused-ring (bicyclic) bond motifs is 1. The molecule has 0 radical (unpaired) electrons. The lowest BCUT2D eigenvalue weighted by Crippen LogP contribution is -2.28. The molecule has 0 fully saturated rings. The third-order valence-corrected chi connectivity index (χ3v) is 5.12. The Morgan fingerprint density at radius 2 is 2.00 bits per heavy atom. The van der Waals surface area contributed by atoms with Crippen LogP contribution in [-0.4, -0.2) is 12.5 Å². The van der Waals surface area contributed by atoms with Crippen LogP contribution in [0.5, 0.6) is 0 Å². The summed E-state index contributed by atoms with van der Waals surface area (Å²) in [4.78, 5) is 12.8. The van der Waals surface area contributed by atoms with Crippen LogP contribution in [0.3, 0.4) is 0 Å². The van der Waals surface area contributed by atoms with Crippen molar-refractivity contribution in [1.82, 2.24) is 5.32 Å². The van der Waals surface area contributed by atoms with E-state index in [4.69, 9.17) is 11.6 Å². The van der Waals surface area contributed by atoms with Crippen molar-refractivity contribution in [2.75, 3.05) is 6.54 Å². The van der Waals surface area contributed by atoms with Crippen molar-refractivity contribution in [3.05, 3.63) is 34.2 Å². The molecular formula is C15H18ClNOS. The minimum Gasteiger partial charge on any atom is -0.351 e. The average Bonchev–Trinajstić information content (AvgIpc) is 2.78. The largest absolute Gasteiger partial charge is 0.351 e. The standard InChI is InChI=1S/C15H18ClNOS/c1-3-10(4-2)9-17-15(18)14-13(16)11-7-5-6-8-12(11)19-14/h5-8,10H,3-4,9H2,1-2H3,(H,17,18). The van der Waals surface area contributed by atoms with Crippen molar-refractivity contribution in [1.29, 1.82) is 0 Å². The maximum Gasteiger partial charge on any atom is 0.262 e. The molecular weight excluding hydrogens is 278 g/mol. The Labute approximate surface area is 122 Å². The summed E-state index contributed by atoms with van der Waals surface area (Å²) in [6.45, 7) is 5.01. The highest BCUT2D eigenvalue weighted by Crippen LogP contribution is 2.34. The first-order valence-corrected chi connectivity index (χ1v) is 7.82. The van der Waals surface area contributed by atoms with Gasteiger partial charge < -0.3 is 5.32 Å². The molecule has 2 rings (SSSR count). The van der Waals surface area contributed by atoms with E-state index in [-0.39, 0.29) is 5.91 Å². The van der Waals surface area contributed by atoms with Gasteiger partial charge >= 0.3 is 0 Å². The minimum absolute atomic E-state index is 0.0573. The fourth-order valence-electron chi connectivity index (χ4n) is 2.05. The number of amides is 1. The average molecular weight is 296 g/mol. The van der Waals surface area contributed by atoms with Crippen LogP contribution in [0, 0.1) is 5.92 Å². The maximum atomic E-state index is 12.2. The van der Waals surface area contributed by atoms with Gasteiger partial charge in [0.1, 0.15) is 4.88 Å². The zero-order chi connectivity index (χ0) is 13.8. The van der Waals surface area contributed by atoms with Crippen LogP contribution < -0.4 is 5.32 Å². The number of carbonyl (C=O) groups is 1. The zero-order valence-corrected chi connectivity index (χ0v) is 12.8. The van der Waals surface area contributed by atoms with E-state index in [2.05, 4.69) is 19.2 Å². The molecule has 0 atom stereocenters. The van der Waals surface area contributed by atoms with Gasteiger partial charge in [-0.1, -0.05) is 56.5 Å². The van der Waals surface area contributed by atoms with E-state index in [0.29, 0.717) is 15.8 Å².